The molecular weight excluding hydrogens is 604 g/mol. The van der Waals surface area contributed by atoms with E-state index in [9.17, 15) is 29.7 Å². The molecule has 0 aliphatic carbocycles. The second kappa shape index (κ2) is 15.7. The Bertz CT molecular complexity index is 1740. The maximum Gasteiger partial charge on any atom is 0.335 e. The number of carboxylic acid groups (broad SMARTS) is 2. The summed E-state index contributed by atoms with van der Waals surface area (Å²) in [7, 11) is 0. The molecule has 0 saturated heterocycles. The third-order valence-corrected chi connectivity index (χ3v) is 7.28. The van der Waals surface area contributed by atoms with Gasteiger partial charge in [0.2, 0.25) is 0 Å². The van der Waals surface area contributed by atoms with Crippen molar-refractivity contribution in [2.75, 3.05) is 33.0 Å². The van der Waals surface area contributed by atoms with Gasteiger partial charge < -0.3 is 34.6 Å². The fraction of sp³-hybridized carbons (Fsp3) is 0.162. The Labute approximate surface area is 271 Å². The summed E-state index contributed by atoms with van der Waals surface area (Å²) in [5.41, 5.74) is 5.67. The SMILES string of the molecule is C=CC(=O)OC(O)(COCCOCCO)c1ccc(C(=C)c2ccc(-c3ccc(C(=O)O)cc3)cc2-c2ccc(C(=O)O)cc2)cc1. The van der Waals surface area contributed by atoms with E-state index in [4.69, 9.17) is 19.3 Å². The second-order valence-electron chi connectivity index (χ2n) is 10.4. The summed E-state index contributed by atoms with van der Waals surface area (Å²) in [6.07, 6.45) is 0.931. The van der Waals surface area contributed by atoms with E-state index in [1.807, 2.05) is 18.2 Å². The van der Waals surface area contributed by atoms with E-state index < -0.39 is 23.7 Å². The van der Waals surface area contributed by atoms with Crippen LogP contribution >= 0.6 is 0 Å². The van der Waals surface area contributed by atoms with Crippen LogP contribution in [0.15, 0.2) is 110 Å². The van der Waals surface area contributed by atoms with Gasteiger partial charge in [0.1, 0.15) is 6.61 Å². The highest BCUT2D eigenvalue weighted by Crippen LogP contribution is 2.36. The Morgan fingerprint density at radius 1 is 0.702 bits per heavy atom. The quantitative estimate of drug-likeness (QED) is 0.0543. The van der Waals surface area contributed by atoms with Gasteiger partial charge >= 0.3 is 17.9 Å². The fourth-order valence-electron chi connectivity index (χ4n) is 4.79. The minimum Gasteiger partial charge on any atom is -0.478 e. The molecule has 242 valence electrons. The number of aliphatic hydroxyl groups excluding tert-OH is 1. The van der Waals surface area contributed by atoms with Crippen molar-refractivity contribution in [3.63, 3.8) is 0 Å². The molecule has 0 fully saturated rings. The molecule has 4 rings (SSSR count). The van der Waals surface area contributed by atoms with Gasteiger partial charge in [-0.25, -0.2) is 14.4 Å². The van der Waals surface area contributed by atoms with E-state index in [-0.39, 0.29) is 49.7 Å². The van der Waals surface area contributed by atoms with Crippen molar-refractivity contribution in [3.8, 4) is 22.3 Å². The average molecular weight is 639 g/mol. The third-order valence-electron chi connectivity index (χ3n) is 7.28. The van der Waals surface area contributed by atoms with Crippen LogP contribution < -0.4 is 0 Å². The van der Waals surface area contributed by atoms with Gasteiger partial charge in [0, 0.05) is 11.6 Å². The van der Waals surface area contributed by atoms with E-state index in [0.717, 1.165) is 33.9 Å². The number of benzene rings is 4. The molecule has 0 aliphatic rings. The summed E-state index contributed by atoms with van der Waals surface area (Å²) in [6, 6.07) is 25.2. The van der Waals surface area contributed by atoms with Crippen molar-refractivity contribution in [3.05, 3.63) is 138 Å². The Hall–Kier alpha value is -5.39. The average Bonchev–Trinajstić information content (AvgIpc) is 3.09. The van der Waals surface area contributed by atoms with Crippen LogP contribution in [-0.2, 0) is 24.8 Å². The van der Waals surface area contributed by atoms with Crippen LogP contribution in [0.5, 0.6) is 0 Å². The number of rotatable bonds is 16. The lowest BCUT2D eigenvalue weighted by Crippen LogP contribution is -2.37. The summed E-state index contributed by atoms with van der Waals surface area (Å²) < 4.78 is 15.9. The largest absolute Gasteiger partial charge is 0.478 e. The minimum absolute atomic E-state index is 0.0821. The van der Waals surface area contributed by atoms with Gasteiger partial charge in [0.25, 0.3) is 5.79 Å². The molecular formula is C37H34O10. The van der Waals surface area contributed by atoms with E-state index in [2.05, 4.69) is 13.2 Å². The molecule has 1 unspecified atom stereocenters. The van der Waals surface area contributed by atoms with Crippen LogP contribution in [0.25, 0.3) is 27.8 Å². The van der Waals surface area contributed by atoms with Gasteiger partial charge in [-0.1, -0.05) is 73.8 Å². The lowest BCUT2D eigenvalue weighted by Gasteiger charge is -2.28. The number of carboxylic acids is 2. The highest BCUT2D eigenvalue weighted by Gasteiger charge is 2.34. The maximum absolute atomic E-state index is 12.1. The number of aliphatic hydroxyl groups is 2. The van der Waals surface area contributed by atoms with E-state index in [1.54, 1.807) is 48.5 Å². The van der Waals surface area contributed by atoms with E-state index in [0.29, 0.717) is 11.1 Å². The summed E-state index contributed by atoms with van der Waals surface area (Å²) in [5, 5.41) is 38.8. The molecule has 4 aromatic carbocycles. The summed E-state index contributed by atoms with van der Waals surface area (Å²) in [5.74, 6) is -5.05. The zero-order chi connectivity index (χ0) is 34.0. The molecule has 4 N–H and O–H groups in total. The first kappa shape index (κ1) is 34.5. The first-order valence-electron chi connectivity index (χ1n) is 14.5. The van der Waals surface area contributed by atoms with Crippen molar-refractivity contribution in [2.24, 2.45) is 0 Å². The number of carbonyl (C=O) groups excluding carboxylic acids is 1. The molecule has 10 heteroatoms. The van der Waals surface area contributed by atoms with E-state index in [1.165, 1.54) is 24.3 Å². The van der Waals surface area contributed by atoms with Crippen molar-refractivity contribution in [2.45, 2.75) is 5.79 Å². The molecule has 1 atom stereocenters. The van der Waals surface area contributed by atoms with Crippen LogP contribution in [0.4, 0.5) is 0 Å². The Morgan fingerprint density at radius 2 is 1.23 bits per heavy atom. The maximum atomic E-state index is 12.1. The molecule has 0 aromatic heterocycles. The van der Waals surface area contributed by atoms with Gasteiger partial charge in [-0.2, -0.15) is 0 Å². The Balaban J connectivity index is 1.67. The number of carbonyl (C=O) groups is 3. The first-order valence-corrected chi connectivity index (χ1v) is 14.5. The number of aromatic carboxylic acids is 2. The minimum atomic E-state index is -2.13. The van der Waals surface area contributed by atoms with Gasteiger partial charge in [0.05, 0.1) is 37.6 Å². The highest BCUT2D eigenvalue weighted by molar-refractivity contribution is 5.92. The molecule has 0 saturated carbocycles. The number of hydrogen-bond donors (Lipinski definition) is 4. The van der Waals surface area contributed by atoms with Crippen molar-refractivity contribution < 1.29 is 49.0 Å². The molecule has 0 aliphatic heterocycles. The van der Waals surface area contributed by atoms with Crippen molar-refractivity contribution in [1.29, 1.82) is 0 Å². The Morgan fingerprint density at radius 3 is 1.79 bits per heavy atom. The topological polar surface area (TPSA) is 160 Å². The molecule has 0 radical (unpaired) electrons. The van der Waals surface area contributed by atoms with Crippen LogP contribution in [0.3, 0.4) is 0 Å². The monoisotopic (exact) mass is 638 g/mol. The smallest absolute Gasteiger partial charge is 0.335 e. The summed E-state index contributed by atoms with van der Waals surface area (Å²) >= 11 is 0. The number of ether oxygens (including phenoxy) is 3. The second-order valence-corrected chi connectivity index (χ2v) is 10.4. The van der Waals surface area contributed by atoms with Crippen molar-refractivity contribution >= 4 is 23.5 Å². The lowest BCUT2D eigenvalue weighted by molar-refractivity contribution is -0.232. The van der Waals surface area contributed by atoms with Crippen LogP contribution in [-0.4, -0.2) is 71.4 Å². The van der Waals surface area contributed by atoms with Gasteiger partial charge in [-0.3, -0.25) is 0 Å². The van der Waals surface area contributed by atoms with E-state index >= 15 is 0 Å². The molecule has 10 nitrogen and oxygen atoms in total. The van der Waals surface area contributed by atoms with Gasteiger partial charge in [-0.05, 0) is 69.3 Å². The van der Waals surface area contributed by atoms with Gasteiger partial charge in [0.15, 0.2) is 0 Å². The Kier molecular flexibility index (Phi) is 11.6. The van der Waals surface area contributed by atoms with Gasteiger partial charge in [-0.15, -0.1) is 0 Å². The van der Waals surface area contributed by atoms with Crippen LogP contribution in [0.1, 0.15) is 37.4 Å². The first-order chi connectivity index (χ1) is 22.6. The molecule has 0 heterocycles. The number of esters is 1. The molecule has 4 aromatic rings. The predicted octanol–water partition coefficient (Wildman–Crippen LogP) is 5.38. The third kappa shape index (κ3) is 8.66. The zero-order valence-corrected chi connectivity index (χ0v) is 25.4. The summed E-state index contributed by atoms with van der Waals surface area (Å²) in [6.45, 7) is 7.58. The standard InChI is InChI=1S/C37H34O10/c1-3-34(39)47-37(44,23-46-21-20-45-19-18-38)31-15-12-25(13-16-31)24(2)32-17-14-30(26-4-8-28(9-5-26)35(40)41)22-33(32)27-6-10-29(11-7-27)36(42)43/h3-17,22,38,44H,1-2,18-21,23H2,(H,40,41)(H,42,43). The van der Waals surface area contributed by atoms with Crippen molar-refractivity contribution in [1.82, 2.24) is 0 Å². The number of hydrogen-bond acceptors (Lipinski definition) is 8. The predicted molar refractivity (Wildman–Crippen MR) is 175 cm³/mol. The molecule has 0 amide bonds. The highest BCUT2D eigenvalue weighted by atomic mass is 16.7. The van der Waals surface area contributed by atoms with Crippen LogP contribution in [0, 0.1) is 0 Å². The zero-order valence-electron chi connectivity index (χ0n) is 25.4. The molecule has 0 spiro atoms. The van der Waals surface area contributed by atoms with Crippen LogP contribution in [0.2, 0.25) is 0 Å². The fourth-order valence-corrected chi connectivity index (χ4v) is 4.79. The molecule has 0 bridgehead atoms. The summed E-state index contributed by atoms with van der Waals surface area (Å²) in [4.78, 5) is 34.9. The molecule has 47 heavy (non-hydrogen) atoms. The normalized spacial score (nSPS) is 12.1. The lowest BCUT2D eigenvalue weighted by atomic mass is 9.88.